The summed E-state index contributed by atoms with van der Waals surface area (Å²) in [6.45, 7) is 1.24. The molecular formula is C17H18N2O. The van der Waals surface area contributed by atoms with E-state index in [9.17, 15) is 0 Å². The molecule has 0 saturated heterocycles. The molecule has 0 aliphatic carbocycles. The van der Waals surface area contributed by atoms with Crippen LogP contribution in [-0.4, -0.2) is 13.2 Å². The fourth-order valence-electron chi connectivity index (χ4n) is 2.04. The molecule has 0 bridgehead atoms. The second kappa shape index (κ2) is 7.32. The Hall–Kier alpha value is -2.31. The van der Waals surface area contributed by atoms with Gasteiger partial charge in [-0.2, -0.15) is 5.26 Å². The molecule has 0 heterocycles. The van der Waals surface area contributed by atoms with Gasteiger partial charge in [-0.25, -0.2) is 0 Å². The molecular weight excluding hydrogens is 248 g/mol. The Labute approximate surface area is 119 Å². The van der Waals surface area contributed by atoms with Crippen LogP contribution in [0.3, 0.4) is 0 Å². The first-order valence-corrected chi connectivity index (χ1v) is 6.73. The third-order valence-corrected chi connectivity index (χ3v) is 3.01. The number of hydrogen-bond donors (Lipinski definition) is 1. The second-order valence-corrected chi connectivity index (χ2v) is 4.52. The first-order chi connectivity index (χ1) is 9.85. The molecule has 0 radical (unpaired) electrons. The summed E-state index contributed by atoms with van der Waals surface area (Å²) in [4.78, 5) is 0. The van der Waals surface area contributed by atoms with Crippen molar-refractivity contribution in [2.24, 2.45) is 5.73 Å². The van der Waals surface area contributed by atoms with Crippen LogP contribution in [0.4, 0.5) is 0 Å². The summed E-state index contributed by atoms with van der Waals surface area (Å²) < 4.78 is 5.79. The zero-order valence-electron chi connectivity index (χ0n) is 11.4. The average Bonchev–Trinajstić information content (AvgIpc) is 2.49. The fraction of sp³-hybridized carbons (Fsp3) is 0.235. The van der Waals surface area contributed by atoms with E-state index in [0.717, 1.165) is 28.9 Å². The lowest BCUT2D eigenvalue weighted by Gasteiger charge is -2.11. The molecule has 0 fully saturated rings. The van der Waals surface area contributed by atoms with Gasteiger partial charge in [0, 0.05) is 5.56 Å². The first-order valence-electron chi connectivity index (χ1n) is 6.73. The lowest BCUT2D eigenvalue weighted by Crippen LogP contribution is -2.06. The molecule has 2 N–H and O–H groups in total. The largest absolute Gasteiger partial charge is 0.493 e. The van der Waals surface area contributed by atoms with E-state index in [0.29, 0.717) is 19.6 Å². The summed E-state index contributed by atoms with van der Waals surface area (Å²) in [6, 6.07) is 18.1. The molecule has 0 aliphatic rings. The zero-order valence-corrected chi connectivity index (χ0v) is 11.4. The molecule has 2 aromatic carbocycles. The molecule has 3 heteroatoms. The Kier molecular flexibility index (Phi) is 5.16. The molecule has 0 aromatic heterocycles. The Morgan fingerprint density at radius 1 is 1.10 bits per heavy atom. The smallest absolute Gasteiger partial charge is 0.127 e. The minimum Gasteiger partial charge on any atom is -0.493 e. The van der Waals surface area contributed by atoms with Crippen molar-refractivity contribution in [2.75, 3.05) is 13.2 Å². The van der Waals surface area contributed by atoms with Crippen LogP contribution in [0.25, 0.3) is 11.1 Å². The van der Waals surface area contributed by atoms with Crippen molar-refractivity contribution in [3.05, 3.63) is 54.1 Å². The number of rotatable bonds is 6. The molecule has 0 saturated carbocycles. The standard InChI is InChI=1S/C17H18N2O/c18-10-4-12-20-17-8-2-1-7-16(17)15-6-3-5-14(13-15)9-11-19/h1-3,5-8,13H,4,9-10,12,18H2. The molecule has 20 heavy (non-hydrogen) atoms. The van der Waals surface area contributed by atoms with Gasteiger partial charge in [-0.15, -0.1) is 0 Å². The third kappa shape index (κ3) is 3.59. The van der Waals surface area contributed by atoms with Gasteiger partial charge < -0.3 is 10.5 Å². The second-order valence-electron chi connectivity index (χ2n) is 4.52. The van der Waals surface area contributed by atoms with E-state index in [1.54, 1.807) is 0 Å². The molecule has 0 amide bonds. The van der Waals surface area contributed by atoms with Crippen LogP contribution in [-0.2, 0) is 6.42 Å². The Balaban J connectivity index is 2.27. The van der Waals surface area contributed by atoms with Gasteiger partial charge in [0.15, 0.2) is 0 Å². The van der Waals surface area contributed by atoms with Crippen LogP contribution in [0.2, 0.25) is 0 Å². The van der Waals surface area contributed by atoms with E-state index < -0.39 is 0 Å². The molecule has 102 valence electrons. The van der Waals surface area contributed by atoms with E-state index in [-0.39, 0.29) is 0 Å². The normalized spacial score (nSPS) is 10.0. The van der Waals surface area contributed by atoms with Gasteiger partial charge in [0.1, 0.15) is 5.75 Å². The van der Waals surface area contributed by atoms with Gasteiger partial charge in [-0.3, -0.25) is 0 Å². The van der Waals surface area contributed by atoms with E-state index in [2.05, 4.69) is 6.07 Å². The Morgan fingerprint density at radius 2 is 1.95 bits per heavy atom. The highest BCUT2D eigenvalue weighted by Crippen LogP contribution is 2.30. The minimum atomic E-state index is 0.421. The molecule has 0 atom stereocenters. The van der Waals surface area contributed by atoms with Crippen molar-refractivity contribution in [3.63, 3.8) is 0 Å². The van der Waals surface area contributed by atoms with Crippen molar-refractivity contribution in [1.82, 2.24) is 0 Å². The van der Waals surface area contributed by atoms with Crippen molar-refractivity contribution in [1.29, 1.82) is 5.26 Å². The third-order valence-electron chi connectivity index (χ3n) is 3.01. The maximum absolute atomic E-state index is 8.79. The first kappa shape index (κ1) is 14.1. The van der Waals surface area contributed by atoms with Crippen LogP contribution >= 0.6 is 0 Å². The quantitative estimate of drug-likeness (QED) is 0.817. The van der Waals surface area contributed by atoms with Gasteiger partial charge in [-0.1, -0.05) is 36.4 Å². The maximum Gasteiger partial charge on any atom is 0.127 e. The van der Waals surface area contributed by atoms with Crippen molar-refractivity contribution in [3.8, 4) is 22.9 Å². The van der Waals surface area contributed by atoms with E-state index in [1.807, 2.05) is 48.5 Å². The topological polar surface area (TPSA) is 59.0 Å². The van der Waals surface area contributed by atoms with Crippen molar-refractivity contribution >= 4 is 0 Å². The highest BCUT2D eigenvalue weighted by molar-refractivity contribution is 5.70. The summed E-state index contributed by atoms with van der Waals surface area (Å²) in [5, 5.41) is 8.79. The summed E-state index contributed by atoms with van der Waals surface area (Å²) in [7, 11) is 0. The van der Waals surface area contributed by atoms with Gasteiger partial charge >= 0.3 is 0 Å². The van der Waals surface area contributed by atoms with Gasteiger partial charge in [-0.05, 0) is 36.2 Å². The highest BCUT2D eigenvalue weighted by atomic mass is 16.5. The van der Waals surface area contributed by atoms with E-state index in [4.69, 9.17) is 15.7 Å². The number of nitrogens with two attached hydrogens (primary N) is 1. The highest BCUT2D eigenvalue weighted by Gasteiger charge is 2.06. The van der Waals surface area contributed by atoms with Gasteiger partial charge in [0.05, 0.1) is 19.1 Å². The Morgan fingerprint density at radius 3 is 2.75 bits per heavy atom. The maximum atomic E-state index is 8.79. The monoisotopic (exact) mass is 266 g/mol. The van der Waals surface area contributed by atoms with Gasteiger partial charge in [0.25, 0.3) is 0 Å². The molecule has 3 nitrogen and oxygen atoms in total. The summed E-state index contributed by atoms with van der Waals surface area (Å²) in [6.07, 6.45) is 1.26. The predicted octanol–water partition coefficient (Wildman–Crippen LogP) is 3.15. The van der Waals surface area contributed by atoms with Crippen molar-refractivity contribution in [2.45, 2.75) is 12.8 Å². The predicted molar refractivity (Wildman–Crippen MR) is 80.4 cm³/mol. The molecule has 2 aromatic rings. The van der Waals surface area contributed by atoms with E-state index in [1.165, 1.54) is 0 Å². The van der Waals surface area contributed by atoms with E-state index >= 15 is 0 Å². The summed E-state index contributed by atoms with van der Waals surface area (Å²) >= 11 is 0. The lowest BCUT2D eigenvalue weighted by molar-refractivity contribution is 0.314. The molecule has 0 spiro atoms. The molecule has 0 aliphatic heterocycles. The molecule has 0 unspecified atom stereocenters. The Bertz CT molecular complexity index is 602. The summed E-state index contributed by atoms with van der Waals surface area (Å²) in [5.74, 6) is 0.857. The summed E-state index contributed by atoms with van der Waals surface area (Å²) in [5.41, 5.74) is 8.62. The average molecular weight is 266 g/mol. The number of nitriles is 1. The van der Waals surface area contributed by atoms with Crippen LogP contribution in [0, 0.1) is 11.3 Å². The van der Waals surface area contributed by atoms with Crippen molar-refractivity contribution < 1.29 is 4.74 Å². The van der Waals surface area contributed by atoms with Gasteiger partial charge in [0.2, 0.25) is 0 Å². The molecule has 2 rings (SSSR count). The minimum absolute atomic E-state index is 0.421. The van der Waals surface area contributed by atoms with Crippen LogP contribution in [0.1, 0.15) is 12.0 Å². The number of hydrogen-bond acceptors (Lipinski definition) is 3. The zero-order chi connectivity index (χ0) is 14.2. The number of benzene rings is 2. The lowest BCUT2D eigenvalue weighted by atomic mass is 10.0. The van der Waals surface area contributed by atoms with Crippen LogP contribution in [0.15, 0.2) is 48.5 Å². The number of nitrogens with zero attached hydrogens (tertiary/aromatic N) is 1. The number of para-hydroxylation sites is 1. The van der Waals surface area contributed by atoms with Crippen LogP contribution < -0.4 is 10.5 Å². The van der Waals surface area contributed by atoms with Crippen LogP contribution in [0.5, 0.6) is 5.75 Å². The fourth-order valence-corrected chi connectivity index (χ4v) is 2.04. The SMILES string of the molecule is N#CCc1cccc(-c2ccccc2OCCCN)c1. The number of ether oxygens (including phenoxy) is 1.